The lowest BCUT2D eigenvalue weighted by Gasteiger charge is -2.13. The van der Waals surface area contributed by atoms with Crippen LogP contribution in [0.3, 0.4) is 0 Å². The third-order valence-corrected chi connectivity index (χ3v) is 5.64. The monoisotopic (exact) mass is 421 g/mol. The van der Waals surface area contributed by atoms with E-state index in [-0.39, 0.29) is 11.3 Å². The molecule has 0 saturated carbocycles. The molecule has 0 bridgehead atoms. The second-order valence-electron chi connectivity index (χ2n) is 8.08. The van der Waals surface area contributed by atoms with Gasteiger partial charge in [0.25, 0.3) is 5.56 Å². The lowest BCUT2D eigenvalue weighted by molar-refractivity contribution is 0.475. The van der Waals surface area contributed by atoms with Gasteiger partial charge in [0.1, 0.15) is 11.4 Å². The maximum atomic E-state index is 13.3. The fourth-order valence-corrected chi connectivity index (χ4v) is 3.90. The summed E-state index contributed by atoms with van der Waals surface area (Å²) in [5.41, 5.74) is 6.39. The first-order chi connectivity index (χ1) is 15.6. The predicted molar refractivity (Wildman–Crippen MR) is 126 cm³/mol. The zero-order valence-electron chi connectivity index (χ0n) is 17.7. The highest BCUT2D eigenvalue weighted by atomic mass is 16.3. The number of aryl methyl sites for hydroxylation is 1. The van der Waals surface area contributed by atoms with E-state index in [1.807, 2.05) is 36.5 Å². The summed E-state index contributed by atoms with van der Waals surface area (Å²) in [4.78, 5) is 21.5. The van der Waals surface area contributed by atoms with Crippen LogP contribution < -0.4 is 5.56 Å². The predicted octanol–water partition coefficient (Wildman–Crippen LogP) is 4.86. The molecule has 2 aliphatic heterocycles. The maximum absolute atomic E-state index is 13.3. The van der Waals surface area contributed by atoms with E-state index in [0.717, 1.165) is 28.1 Å². The van der Waals surface area contributed by atoms with Crippen LogP contribution in [-0.2, 0) is 12.8 Å². The molecule has 3 aromatic rings. The smallest absolute Gasteiger partial charge is 0.278 e. The van der Waals surface area contributed by atoms with Crippen molar-refractivity contribution in [2.45, 2.75) is 19.8 Å². The van der Waals surface area contributed by atoms with E-state index in [1.54, 1.807) is 16.7 Å². The van der Waals surface area contributed by atoms with Crippen LogP contribution in [0, 0.1) is 6.92 Å². The second-order valence-corrected chi connectivity index (χ2v) is 8.08. The average molecular weight is 422 g/mol. The van der Waals surface area contributed by atoms with Gasteiger partial charge in [-0.3, -0.25) is 9.36 Å². The van der Waals surface area contributed by atoms with Gasteiger partial charge in [0, 0.05) is 19.0 Å². The van der Waals surface area contributed by atoms with Crippen LogP contribution in [0.4, 0.5) is 0 Å². The number of phenols is 1. The lowest BCUT2D eigenvalue weighted by Crippen LogP contribution is -2.17. The summed E-state index contributed by atoms with van der Waals surface area (Å²) in [6, 6.07) is 25.3. The quantitative estimate of drug-likeness (QED) is 0.426. The van der Waals surface area contributed by atoms with Gasteiger partial charge in [0.2, 0.25) is 0 Å². The van der Waals surface area contributed by atoms with Gasteiger partial charge in [0.05, 0.1) is 11.4 Å². The molecule has 158 valence electrons. The summed E-state index contributed by atoms with van der Waals surface area (Å²) >= 11 is 0. The summed E-state index contributed by atoms with van der Waals surface area (Å²) in [6.45, 7) is 2.05. The van der Waals surface area contributed by atoms with Crippen molar-refractivity contribution in [3.05, 3.63) is 123 Å². The highest BCUT2D eigenvalue weighted by molar-refractivity contribution is 5.60. The zero-order chi connectivity index (χ0) is 22.1. The fourth-order valence-electron chi connectivity index (χ4n) is 3.90. The number of fused-ring (bicyclic) bond motifs is 1. The number of benzene rings is 3. The Hall–Kier alpha value is -4.12. The van der Waals surface area contributed by atoms with Crippen LogP contribution >= 0.6 is 0 Å². The lowest BCUT2D eigenvalue weighted by atomic mass is 10.1. The Morgan fingerprint density at radius 1 is 0.875 bits per heavy atom. The molecule has 32 heavy (non-hydrogen) atoms. The Morgan fingerprint density at radius 2 is 1.56 bits per heavy atom. The SMILES string of the molecule is Cc1ccc(-c2cn3c(=O)c(Cc4ccc(O)cc4)nc-3c(Cc3ccccc3)[nH]2)cc1. The Bertz CT molecular complexity index is 1380. The van der Waals surface area contributed by atoms with Gasteiger partial charge in [-0.25, -0.2) is 4.98 Å². The third-order valence-electron chi connectivity index (χ3n) is 5.64. The number of rotatable bonds is 5. The van der Waals surface area contributed by atoms with Crippen molar-refractivity contribution >= 4 is 0 Å². The number of phenolic OH excluding ortho intramolecular Hbond substituents is 1. The Morgan fingerprint density at radius 3 is 2.28 bits per heavy atom. The van der Waals surface area contributed by atoms with Gasteiger partial charge in [-0.05, 0) is 35.7 Å². The first kappa shape index (κ1) is 19.8. The Kier molecular flexibility index (Phi) is 5.07. The standard InChI is InChI=1S/C27H23N3O2/c1-18-7-11-21(12-8-18)25-17-30-26(23(28-25)15-19-5-3-2-4-6-19)29-24(27(30)32)16-20-9-13-22(31)14-10-20/h2-14,17,28,31H,15-16H2,1H3. The molecule has 2 N–H and O–H groups in total. The molecule has 2 aliphatic rings. The number of aromatic nitrogens is 3. The van der Waals surface area contributed by atoms with Crippen molar-refractivity contribution in [3.63, 3.8) is 0 Å². The van der Waals surface area contributed by atoms with Crippen molar-refractivity contribution in [1.82, 2.24) is 14.5 Å². The van der Waals surface area contributed by atoms with Gasteiger partial charge < -0.3 is 10.1 Å². The molecule has 0 radical (unpaired) electrons. The van der Waals surface area contributed by atoms with Crippen LogP contribution in [0.1, 0.15) is 28.1 Å². The molecule has 0 aromatic heterocycles. The van der Waals surface area contributed by atoms with Gasteiger partial charge in [-0.1, -0.05) is 72.3 Å². The molecule has 5 heteroatoms. The van der Waals surface area contributed by atoms with E-state index in [9.17, 15) is 9.90 Å². The molecule has 0 amide bonds. The van der Waals surface area contributed by atoms with Crippen LogP contribution in [-0.4, -0.2) is 19.6 Å². The van der Waals surface area contributed by atoms with Gasteiger partial charge in [-0.15, -0.1) is 0 Å². The fraction of sp³-hybridized carbons (Fsp3) is 0.111. The highest BCUT2D eigenvalue weighted by Crippen LogP contribution is 2.24. The zero-order valence-corrected chi connectivity index (χ0v) is 17.7. The molecular formula is C27H23N3O2. The molecule has 5 rings (SSSR count). The van der Waals surface area contributed by atoms with Crippen LogP contribution in [0.5, 0.6) is 5.75 Å². The highest BCUT2D eigenvalue weighted by Gasteiger charge is 2.20. The molecule has 0 saturated heterocycles. The first-order valence-electron chi connectivity index (χ1n) is 10.6. The number of aromatic amines is 1. The number of hydrogen-bond donors (Lipinski definition) is 2. The second kappa shape index (κ2) is 8.19. The number of aromatic hydroxyl groups is 1. The first-order valence-corrected chi connectivity index (χ1v) is 10.6. The molecule has 2 heterocycles. The van der Waals surface area contributed by atoms with Crippen LogP contribution in [0.2, 0.25) is 0 Å². The van der Waals surface area contributed by atoms with Crippen LogP contribution in [0.15, 0.2) is 89.9 Å². The topological polar surface area (TPSA) is 70.9 Å². The Balaban J connectivity index is 1.63. The third kappa shape index (κ3) is 3.93. The largest absolute Gasteiger partial charge is 0.508 e. The van der Waals surface area contributed by atoms with E-state index in [2.05, 4.69) is 48.3 Å². The molecule has 5 nitrogen and oxygen atoms in total. The minimum atomic E-state index is -0.121. The summed E-state index contributed by atoms with van der Waals surface area (Å²) in [6.07, 6.45) is 2.88. The van der Waals surface area contributed by atoms with Gasteiger partial charge in [-0.2, -0.15) is 0 Å². The van der Waals surface area contributed by atoms with Gasteiger partial charge >= 0.3 is 0 Å². The summed E-state index contributed by atoms with van der Waals surface area (Å²) in [7, 11) is 0. The molecule has 0 fully saturated rings. The summed E-state index contributed by atoms with van der Waals surface area (Å²) in [5.74, 6) is 0.845. The molecule has 0 aliphatic carbocycles. The van der Waals surface area contributed by atoms with E-state index in [1.165, 1.54) is 5.56 Å². The van der Waals surface area contributed by atoms with E-state index in [0.29, 0.717) is 24.4 Å². The van der Waals surface area contributed by atoms with E-state index < -0.39 is 0 Å². The minimum Gasteiger partial charge on any atom is -0.508 e. The van der Waals surface area contributed by atoms with Crippen molar-refractivity contribution in [2.24, 2.45) is 0 Å². The number of imidazole rings is 1. The van der Waals surface area contributed by atoms with Crippen molar-refractivity contribution in [2.75, 3.05) is 0 Å². The number of nitrogens with zero attached hydrogens (tertiary/aromatic N) is 2. The Labute approximate surface area is 186 Å². The minimum absolute atomic E-state index is 0.121. The number of H-pyrrole nitrogens is 1. The molecule has 0 atom stereocenters. The molecule has 0 unspecified atom stereocenters. The van der Waals surface area contributed by atoms with Crippen molar-refractivity contribution in [1.29, 1.82) is 0 Å². The van der Waals surface area contributed by atoms with E-state index >= 15 is 0 Å². The van der Waals surface area contributed by atoms with Crippen molar-refractivity contribution < 1.29 is 5.11 Å². The maximum Gasteiger partial charge on any atom is 0.278 e. The molecular weight excluding hydrogens is 398 g/mol. The normalized spacial score (nSPS) is 11.2. The van der Waals surface area contributed by atoms with Crippen LogP contribution in [0.25, 0.3) is 17.1 Å². The number of hydrogen-bond acceptors (Lipinski definition) is 3. The number of nitrogens with one attached hydrogen (secondary N) is 1. The van der Waals surface area contributed by atoms with Crippen molar-refractivity contribution in [3.8, 4) is 22.8 Å². The summed E-state index contributed by atoms with van der Waals surface area (Å²) < 4.78 is 1.65. The average Bonchev–Trinajstić information content (AvgIpc) is 3.12. The molecule has 0 spiro atoms. The molecule has 3 aromatic carbocycles. The summed E-state index contributed by atoms with van der Waals surface area (Å²) in [5, 5.41) is 9.54. The van der Waals surface area contributed by atoms with E-state index in [4.69, 9.17) is 4.98 Å². The van der Waals surface area contributed by atoms with Gasteiger partial charge in [0.15, 0.2) is 5.82 Å².